The van der Waals surface area contributed by atoms with Crippen LogP contribution >= 0.6 is 0 Å². The molecule has 18 heavy (non-hydrogen) atoms. The monoisotopic (exact) mass is 246 g/mol. The summed E-state index contributed by atoms with van der Waals surface area (Å²) in [5.74, 6) is 1.10. The van der Waals surface area contributed by atoms with Crippen LogP contribution in [-0.2, 0) is 9.47 Å². The quantitative estimate of drug-likeness (QED) is 0.759. The maximum Gasteiger partial charge on any atom is 0.237 e. The molecule has 0 aliphatic carbocycles. The van der Waals surface area contributed by atoms with Crippen molar-refractivity contribution in [3.8, 4) is 11.6 Å². The first-order valence-electron chi connectivity index (χ1n) is 5.43. The van der Waals surface area contributed by atoms with Crippen molar-refractivity contribution in [3.05, 3.63) is 48.4 Å². The van der Waals surface area contributed by atoms with Gasteiger partial charge in [-0.05, 0) is 12.1 Å². The minimum Gasteiger partial charge on any atom is -0.437 e. The molecule has 1 aromatic heterocycles. The van der Waals surface area contributed by atoms with E-state index in [2.05, 4.69) is 9.97 Å². The van der Waals surface area contributed by atoms with Crippen molar-refractivity contribution in [2.45, 2.75) is 6.29 Å². The van der Waals surface area contributed by atoms with E-state index in [9.17, 15) is 0 Å². The molecule has 1 heterocycles. The Morgan fingerprint density at radius 1 is 1.11 bits per heavy atom. The standard InChI is InChI=1S/C13H14N2O3/c1-16-13(17-2)10-4-3-5-11(8-10)18-12-9-14-6-7-15-12/h3-9,13H,1-2H3. The molecule has 2 aromatic rings. The molecule has 0 N–H and O–H groups in total. The maximum atomic E-state index is 5.57. The summed E-state index contributed by atoms with van der Waals surface area (Å²) in [5, 5.41) is 0. The highest BCUT2D eigenvalue weighted by atomic mass is 16.7. The molecule has 0 amide bonds. The highest BCUT2D eigenvalue weighted by Crippen LogP contribution is 2.24. The van der Waals surface area contributed by atoms with Crippen molar-refractivity contribution in [2.24, 2.45) is 0 Å². The van der Waals surface area contributed by atoms with Gasteiger partial charge < -0.3 is 14.2 Å². The Labute approximate surface area is 105 Å². The van der Waals surface area contributed by atoms with Gasteiger partial charge in [0.05, 0.1) is 6.20 Å². The van der Waals surface area contributed by atoms with Crippen LogP contribution in [0.15, 0.2) is 42.9 Å². The Balaban J connectivity index is 2.17. The molecular weight excluding hydrogens is 232 g/mol. The molecule has 5 nitrogen and oxygen atoms in total. The number of hydrogen-bond donors (Lipinski definition) is 0. The van der Waals surface area contributed by atoms with Gasteiger partial charge in [0, 0.05) is 32.2 Å². The zero-order valence-corrected chi connectivity index (χ0v) is 10.2. The molecule has 0 spiro atoms. The van der Waals surface area contributed by atoms with Crippen LogP contribution in [-0.4, -0.2) is 24.2 Å². The van der Waals surface area contributed by atoms with Crippen molar-refractivity contribution in [2.75, 3.05) is 14.2 Å². The predicted molar refractivity (Wildman–Crippen MR) is 65.3 cm³/mol. The first kappa shape index (κ1) is 12.5. The van der Waals surface area contributed by atoms with E-state index >= 15 is 0 Å². The lowest BCUT2D eigenvalue weighted by Crippen LogP contribution is -2.03. The van der Waals surface area contributed by atoms with Gasteiger partial charge in [0.1, 0.15) is 5.75 Å². The van der Waals surface area contributed by atoms with Gasteiger partial charge in [0.15, 0.2) is 6.29 Å². The number of benzene rings is 1. The van der Waals surface area contributed by atoms with Crippen LogP contribution in [0.5, 0.6) is 11.6 Å². The molecule has 94 valence electrons. The second-order valence-electron chi connectivity index (χ2n) is 3.52. The molecule has 1 aromatic carbocycles. The lowest BCUT2D eigenvalue weighted by molar-refractivity contribution is -0.106. The van der Waals surface area contributed by atoms with Crippen molar-refractivity contribution in [1.29, 1.82) is 0 Å². The topological polar surface area (TPSA) is 53.5 Å². The molecule has 0 fully saturated rings. The van der Waals surface area contributed by atoms with Crippen LogP contribution in [0.3, 0.4) is 0 Å². The van der Waals surface area contributed by atoms with Crippen molar-refractivity contribution in [3.63, 3.8) is 0 Å². The van der Waals surface area contributed by atoms with Gasteiger partial charge in [-0.1, -0.05) is 12.1 Å². The number of ether oxygens (including phenoxy) is 3. The normalized spacial score (nSPS) is 10.6. The first-order chi connectivity index (χ1) is 8.83. The van der Waals surface area contributed by atoms with E-state index in [1.165, 1.54) is 0 Å². The molecular formula is C13H14N2O3. The number of rotatable bonds is 5. The van der Waals surface area contributed by atoms with Crippen LogP contribution in [0.25, 0.3) is 0 Å². The van der Waals surface area contributed by atoms with Crippen molar-refractivity contribution >= 4 is 0 Å². The fourth-order valence-corrected chi connectivity index (χ4v) is 1.55. The number of nitrogens with zero attached hydrogens (tertiary/aromatic N) is 2. The van der Waals surface area contributed by atoms with Crippen LogP contribution in [0.2, 0.25) is 0 Å². The van der Waals surface area contributed by atoms with Crippen LogP contribution in [0, 0.1) is 0 Å². The highest BCUT2D eigenvalue weighted by molar-refractivity contribution is 5.31. The molecule has 0 atom stereocenters. The van der Waals surface area contributed by atoms with Gasteiger partial charge in [0.2, 0.25) is 5.88 Å². The van der Waals surface area contributed by atoms with Gasteiger partial charge in [-0.3, -0.25) is 4.98 Å². The Kier molecular flexibility index (Phi) is 4.22. The summed E-state index contributed by atoms with van der Waals surface area (Å²) in [6.45, 7) is 0. The Hall–Kier alpha value is -1.98. The minimum atomic E-state index is -0.407. The van der Waals surface area contributed by atoms with E-state index in [0.717, 1.165) is 5.56 Å². The van der Waals surface area contributed by atoms with Gasteiger partial charge in [0.25, 0.3) is 0 Å². The molecule has 0 saturated heterocycles. The highest BCUT2D eigenvalue weighted by Gasteiger charge is 2.09. The third-order valence-corrected chi connectivity index (χ3v) is 2.32. The SMILES string of the molecule is COC(OC)c1cccc(Oc2cnccn2)c1. The molecule has 0 unspecified atom stereocenters. The molecule has 0 saturated carbocycles. The second kappa shape index (κ2) is 6.09. The third kappa shape index (κ3) is 3.03. The number of methoxy groups -OCH3 is 2. The molecule has 2 rings (SSSR count). The van der Waals surface area contributed by atoms with E-state index < -0.39 is 6.29 Å². The predicted octanol–water partition coefficient (Wildman–Crippen LogP) is 2.56. The number of aromatic nitrogens is 2. The minimum absolute atomic E-state index is 0.407. The first-order valence-corrected chi connectivity index (χ1v) is 5.43. The lowest BCUT2D eigenvalue weighted by atomic mass is 10.2. The Bertz CT molecular complexity index is 487. The molecule has 0 aliphatic rings. The lowest BCUT2D eigenvalue weighted by Gasteiger charge is -2.14. The fourth-order valence-electron chi connectivity index (χ4n) is 1.55. The largest absolute Gasteiger partial charge is 0.437 e. The van der Waals surface area contributed by atoms with Crippen molar-refractivity contribution < 1.29 is 14.2 Å². The Morgan fingerprint density at radius 2 is 1.94 bits per heavy atom. The van der Waals surface area contributed by atoms with Gasteiger partial charge >= 0.3 is 0 Å². The van der Waals surface area contributed by atoms with Crippen LogP contribution in [0.4, 0.5) is 0 Å². The van der Waals surface area contributed by atoms with Crippen LogP contribution < -0.4 is 4.74 Å². The van der Waals surface area contributed by atoms with Crippen LogP contribution in [0.1, 0.15) is 11.9 Å². The average molecular weight is 246 g/mol. The second-order valence-corrected chi connectivity index (χ2v) is 3.52. The summed E-state index contributed by atoms with van der Waals surface area (Å²) >= 11 is 0. The third-order valence-electron chi connectivity index (χ3n) is 2.32. The van der Waals surface area contributed by atoms with E-state index in [-0.39, 0.29) is 0 Å². The molecule has 0 bridgehead atoms. The Morgan fingerprint density at radius 3 is 2.61 bits per heavy atom. The maximum absolute atomic E-state index is 5.57. The van der Waals surface area contributed by atoms with E-state index in [0.29, 0.717) is 11.6 Å². The van der Waals surface area contributed by atoms with Gasteiger partial charge in [-0.25, -0.2) is 4.98 Å². The zero-order valence-electron chi connectivity index (χ0n) is 10.2. The summed E-state index contributed by atoms with van der Waals surface area (Å²) in [5.41, 5.74) is 0.876. The van der Waals surface area contributed by atoms with E-state index in [1.807, 2.05) is 24.3 Å². The number of hydrogen-bond acceptors (Lipinski definition) is 5. The summed E-state index contributed by atoms with van der Waals surface area (Å²) in [6, 6.07) is 7.44. The summed E-state index contributed by atoms with van der Waals surface area (Å²) < 4.78 is 15.9. The molecule has 0 aliphatic heterocycles. The van der Waals surface area contributed by atoms with Crippen molar-refractivity contribution in [1.82, 2.24) is 9.97 Å². The van der Waals surface area contributed by atoms with Gasteiger partial charge in [-0.2, -0.15) is 0 Å². The smallest absolute Gasteiger partial charge is 0.237 e. The van der Waals surface area contributed by atoms with Gasteiger partial charge in [-0.15, -0.1) is 0 Å². The fraction of sp³-hybridized carbons (Fsp3) is 0.231. The van der Waals surface area contributed by atoms with E-state index in [1.54, 1.807) is 32.8 Å². The zero-order chi connectivity index (χ0) is 12.8. The molecule has 0 radical (unpaired) electrons. The summed E-state index contributed by atoms with van der Waals surface area (Å²) in [7, 11) is 3.18. The summed E-state index contributed by atoms with van der Waals surface area (Å²) in [4.78, 5) is 7.98. The summed E-state index contributed by atoms with van der Waals surface area (Å²) in [6.07, 6.45) is 4.31. The molecule has 5 heteroatoms. The average Bonchev–Trinajstić information content (AvgIpc) is 2.42. The van der Waals surface area contributed by atoms with E-state index in [4.69, 9.17) is 14.2 Å².